The molecule has 0 aromatic carbocycles. The molecule has 0 atom stereocenters. The number of nitrogens with one attached hydrogen (secondary N) is 2. The van der Waals surface area contributed by atoms with Crippen LogP contribution < -0.4 is 10.6 Å². The van der Waals surface area contributed by atoms with E-state index >= 15 is 0 Å². The van der Waals surface area contributed by atoms with E-state index in [0.29, 0.717) is 6.04 Å². The molecule has 2 N–H and O–H groups in total. The highest BCUT2D eigenvalue weighted by molar-refractivity contribution is 5.77. The summed E-state index contributed by atoms with van der Waals surface area (Å²) in [6, 6.07) is 0.443. The maximum atomic E-state index is 11.8. The minimum Gasteiger partial charge on any atom is -0.363 e. The molecule has 1 saturated heterocycles. The molecule has 2 aliphatic carbocycles. The fourth-order valence-corrected chi connectivity index (χ4v) is 2.58. The van der Waals surface area contributed by atoms with Crippen LogP contribution in [0.4, 0.5) is 0 Å². The molecule has 96 valence electrons. The van der Waals surface area contributed by atoms with Gasteiger partial charge in [0.05, 0.1) is 5.60 Å². The van der Waals surface area contributed by atoms with E-state index in [4.69, 9.17) is 4.74 Å². The van der Waals surface area contributed by atoms with Gasteiger partial charge >= 0.3 is 0 Å². The third-order valence-electron chi connectivity index (χ3n) is 4.14. The van der Waals surface area contributed by atoms with Gasteiger partial charge in [-0.2, -0.15) is 0 Å². The minimum atomic E-state index is -0.119. The third kappa shape index (κ3) is 2.80. The summed E-state index contributed by atoms with van der Waals surface area (Å²) in [5.74, 6) is 1.58. The predicted molar refractivity (Wildman–Crippen MR) is 64.6 cm³/mol. The molecule has 17 heavy (non-hydrogen) atoms. The van der Waals surface area contributed by atoms with Crippen LogP contribution in [0.5, 0.6) is 0 Å². The Morgan fingerprint density at radius 2 is 1.94 bits per heavy atom. The average molecular weight is 238 g/mol. The first kappa shape index (κ1) is 11.5. The van der Waals surface area contributed by atoms with Crippen molar-refractivity contribution in [3.63, 3.8) is 0 Å². The molecule has 0 unspecified atom stereocenters. The van der Waals surface area contributed by atoms with Crippen molar-refractivity contribution in [2.24, 2.45) is 11.8 Å². The van der Waals surface area contributed by atoms with Gasteiger partial charge in [-0.25, -0.2) is 0 Å². The summed E-state index contributed by atoms with van der Waals surface area (Å²) in [4.78, 5) is 11.8. The molecule has 1 aliphatic heterocycles. The van der Waals surface area contributed by atoms with Crippen molar-refractivity contribution in [1.82, 2.24) is 10.6 Å². The molecule has 0 bridgehead atoms. The van der Waals surface area contributed by atoms with Gasteiger partial charge in [-0.3, -0.25) is 4.79 Å². The number of rotatable bonds is 6. The number of hydrogen-bond donors (Lipinski definition) is 2. The van der Waals surface area contributed by atoms with Gasteiger partial charge in [-0.05, 0) is 44.4 Å². The number of hydrogen-bond acceptors (Lipinski definition) is 3. The van der Waals surface area contributed by atoms with Crippen LogP contribution in [-0.2, 0) is 9.53 Å². The second-order valence-electron chi connectivity index (χ2n) is 6.11. The minimum absolute atomic E-state index is 0.0712. The molecule has 0 aromatic heterocycles. The standard InChI is InChI=1S/C13H22N2O2/c1-13(7-14-8-13)17-6-11(16)15-12(9-2-3-9)10-4-5-10/h9-10,12,14H,2-8H2,1H3,(H,15,16). The van der Waals surface area contributed by atoms with Crippen LogP contribution in [0.2, 0.25) is 0 Å². The number of carbonyl (C=O) groups excluding carboxylic acids is 1. The van der Waals surface area contributed by atoms with Gasteiger partial charge in [0, 0.05) is 19.1 Å². The summed E-state index contributed by atoms with van der Waals surface area (Å²) in [5, 5.41) is 6.34. The normalized spacial score (nSPS) is 26.7. The molecule has 3 fully saturated rings. The number of ether oxygens (including phenoxy) is 1. The van der Waals surface area contributed by atoms with Crippen molar-refractivity contribution in [3.05, 3.63) is 0 Å². The van der Waals surface area contributed by atoms with Crippen LogP contribution in [0.1, 0.15) is 32.6 Å². The fraction of sp³-hybridized carbons (Fsp3) is 0.923. The summed E-state index contributed by atoms with van der Waals surface area (Å²) >= 11 is 0. The highest BCUT2D eigenvalue weighted by Crippen LogP contribution is 2.44. The van der Waals surface area contributed by atoms with Crippen molar-refractivity contribution < 1.29 is 9.53 Å². The molecule has 4 heteroatoms. The maximum Gasteiger partial charge on any atom is 0.246 e. The number of carbonyl (C=O) groups is 1. The molecule has 0 spiro atoms. The quantitative estimate of drug-likeness (QED) is 0.715. The van der Waals surface area contributed by atoms with Crippen molar-refractivity contribution in [2.45, 2.75) is 44.2 Å². The Morgan fingerprint density at radius 3 is 2.35 bits per heavy atom. The molecule has 2 saturated carbocycles. The first-order valence-electron chi connectivity index (χ1n) is 6.80. The Balaban J connectivity index is 1.42. The van der Waals surface area contributed by atoms with Crippen molar-refractivity contribution in [1.29, 1.82) is 0 Å². The van der Waals surface area contributed by atoms with E-state index in [9.17, 15) is 4.79 Å². The van der Waals surface area contributed by atoms with E-state index in [-0.39, 0.29) is 18.1 Å². The summed E-state index contributed by atoms with van der Waals surface area (Å²) in [7, 11) is 0. The first-order chi connectivity index (χ1) is 8.16. The molecule has 3 rings (SSSR count). The predicted octanol–water partition coefficient (Wildman–Crippen LogP) is 0.670. The van der Waals surface area contributed by atoms with Gasteiger partial charge in [0.1, 0.15) is 6.61 Å². The van der Waals surface area contributed by atoms with E-state index in [2.05, 4.69) is 17.6 Å². The zero-order valence-electron chi connectivity index (χ0n) is 10.5. The maximum absolute atomic E-state index is 11.8. The lowest BCUT2D eigenvalue weighted by Gasteiger charge is -2.38. The highest BCUT2D eigenvalue weighted by Gasteiger charge is 2.42. The van der Waals surface area contributed by atoms with Crippen molar-refractivity contribution >= 4 is 5.91 Å². The molecule has 0 radical (unpaired) electrons. The van der Waals surface area contributed by atoms with Crippen LogP contribution >= 0.6 is 0 Å². The van der Waals surface area contributed by atoms with Crippen LogP contribution in [-0.4, -0.2) is 37.2 Å². The number of amides is 1. The zero-order valence-corrected chi connectivity index (χ0v) is 10.5. The lowest BCUT2D eigenvalue weighted by molar-refractivity contribution is -0.136. The Morgan fingerprint density at radius 1 is 1.35 bits per heavy atom. The molecular weight excluding hydrogens is 216 g/mol. The monoisotopic (exact) mass is 238 g/mol. The molecule has 0 aromatic rings. The van der Waals surface area contributed by atoms with E-state index in [1.54, 1.807) is 0 Å². The van der Waals surface area contributed by atoms with Crippen molar-refractivity contribution in [3.8, 4) is 0 Å². The summed E-state index contributed by atoms with van der Waals surface area (Å²) < 4.78 is 5.65. The first-order valence-corrected chi connectivity index (χ1v) is 6.80. The fourth-order valence-electron chi connectivity index (χ4n) is 2.58. The topological polar surface area (TPSA) is 50.4 Å². The SMILES string of the molecule is CC1(OCC(=O)NC(C2CC2)C2CC2)CNC1. The summed E-state index contributed by atoms with van der Waals surface area (Å²) in [5.41, 5.74) is -0.119. The van der Waals surface area contributed by atoms with E-state index in [1.165, 1.54) is 25.7 Å². The van der Waals surface area contributed by atoms with Crippen molar-refractivity contribution in [2.75, 3.05) is 19.7 Å². The molecule has 1 heterocycles. The summed E-state index contributed by atoms with van der Waals surface area (Å²) in [6.07, 6.45) is 5.18. The van der Waals surface area contributed by atoms with Crippen LogP contribution in [0, 0.1) is 11.8 Å². The Bertz CT molecular complexity index is 295. The van der Waals surface area contributed by atoms with Gasteiger partial charge in [-0.15, -0.1) is 0 Å². The highest BCUT2D eigenvalue weighted by atomic mass is 16.5. The van der Waals surface area contributed by atoms with Crippen LogP contribution in [0.15, 0.2) is 0 Å². The van der Waals surface area contributed by atoms with Crippen LogP contribution in [0.3, 0.4) is 0 Å². The third-order valence-corrected chi connectivity index (χ3v) is 4.14. The van der Waals surface area contributed by atoms with Gasteiger partial charge < -0.3 is 15.4 Å². The van der Waals surface area contributed by atoms with Gasteiger partial charge in [-0.1, -0.05) is 0 Å². The van der Waals surface area contributed by atoms with Gasteiger partial charge in [0.25, 0.3) is 0 Å². The Labute approximate surface area is 102 Å². The van der Waals surface area contributed by atoms with E-state index < -0.39 is 0 Å². The van der Waals surface area contributed by atoms with E-state index in [0.717, 1.165) is 24.9 Å². The smallest absolute Gasteiger partial charge is 0.246 e. The average Bonchev–Trinajstić information content (AvgIpc) is 3.13. The van der Waals surface area contributed by atoms with Crippen LogP contribution in [0.25, 0.3) is 0 Å². The molecule has 1 amide bonds. The second kappa shape index (κ2) is 4.25. The van der Waals surface area contributed by atoms with Gasteiger partial charge in [0.2, 0.25) is 5.91 Å². The lowest BCUT2D eigenvalue weighted by atomic mass is 10.0. The lowest BCUT2D eigenvalue weighted by Crippen LogP contribution is -2.59. The summed E-state index contributed by atoms with van der Waals surface area (Å²) in [6.45, 7) is 3.98. The van der Waals surface area contributed by atoms with E-state index in [1.807, 2.05) is 0 Å². The zero-order chi connectivity index (χ0) is 11.9. The second-order valence-corrected chi connectivity index (χ2v) is 6.11. The molecule has 3 aliphatic rings. The molecular formula is C13H22N2O2. The van der Waals surface area contributed by atoms with Gasteiger partial charge in [0.15, 0.2) is 0 Å². The Kier molecular flexibility index (Phi) is 2.87. The Hall–Kier alpha value is -0.610. The largest absolute Gasteiger partial charge is 0.363 e. The molecule has 4 nitrogen and oxygen atoms in total.